The van der Waals surface area contributed by atoms with Crippen LogP contribution in [0.25, 0.3) is 0 Å². The molecule has 0 atom stereocenters. The molecule has 22 rings (SSSR count). The number of rotatable bonds is 30. The van der Waals surface area contributed by atoms with Gasteiger partial charge < -0.3 is 37.9 Å². The average Bonchev–Trinajstić information content (AvgIpc) is 0.780. The van der Waals surface area contributed by atoms with Crippen LogP contribution >= 0.6 is 0 Å². The lowest BCUT2D eigenvalue weighted by molar-refractivity contribution is -0.205. The van der Waals surface area contributed by atoms with E-state index in [1.807, 2.05) is 6.07 Å². The van der Waals surface area contributed by atoms with Gasteiger partial charge in [-0.25, -0.2) is 19.2 Å². The molecule has 16 heteroatoms. The van der Waals surface area contributed by atoms with Crippen molar-refractivity contribution in [1.82, 2.24) is 0 Å². The largest absolute Gasteiger partial charge is 0.482 e. The highest BCUT2D eigenvalue weighted by Crippen LogP contribution is 2.61. The van der Waals surface area contributed by atoms with E-state index >= 15 is 0 Å². The van der Waals surface area contributed by atoms with Gasteiger partial charge in [-0.15, -0.1) is 0 Å². The number of carbonyl (C=O) groups excluding carboxylic acids is 4. The zero-order chi connectivity index (χ0) is 97.5. The van der Waals surface area contributed by atoms with Crippen LogP contribution in [0.2, 0.25) is 0 Å². The fourth-order valence-electron chi connectivity index (χ4n) is 24.2. The first-order valence-electron chi connectivity index (χ1n) is 51.1. The molecule has 0 amide bonds. The highest BCUT2D eigenvalue weighted by Gasteiger charge is 2.59. The van der Waals surface area contributed by atoms with Crippen LogP contribution in [0.3, 0.4) is 0 Å². The minimum Gasteiger partial charge on any atom is -0.482 e. The lowest BCUT2D eigenvalue weighted by Gasteiger charge is -2.59. The predicted octanol–water partition coefficient (Wildman–Crippen LogP) is 29.2. The summed E-state index contributed by atoms with van der Waals surface area (Å²) in [5.74, 6) is 7.56. The lowest BCUT2D eigenvalue weighted by atomic mass is 9.50. The first kappa shape index (κ1) is 101. The van der Waals surface area contributed by atoms with Gasteiger partial charge in [-0.05, 0) is 387 Å². The highest BCUT2D eigenvalue weighted by atomic mass is 32.2. The molecule has 10 aliphatic carbocycles. The van der Waals surface area contributed by atoms with Gasteiger partial charge in [0.1, 0.15) is 45.4 Å². The van der Waals surface area contributed by atoms with Gasteiger partial charge in [0.25, 0.3) is 0 Å². The normalized spacial score (nSPS) is 21.9. The first-order valence-corrected chi connectivity index (χ1v) is 56.0. The molecule has 12 aromatic rings. The maximum Gasteiger partial charge on any atom is 0.344 e. The van der Waals surface area contributed by atoms with Gasteiger partial charge in [0.15, 0.2) is 85.2 Å². The zero-order valence-corrected chi connectivity index (χ0v) is 86.9. The van der Waals surface area contributed by atoms with Crippen molar-refractivity contribution in [1.29, 1.82) is 0 Å². The van der Waals surface area contributed by atoms with Gasteiger partial charge in [-0.1, -0.05) is 166 Å². The monoisotopic (exact) mass is 1950 g/mol. The van der Waals surface area contributed by atoms with Crippen molar-refractivity contribution in [3.8, 4) is 23.0 Å². The van der Waals surface area contributed by atoms with Crippen molar-refractivity contribution >= 4 is 67.5 Å². The molecule has 0 radical (unpaired) electrons. The Morgan fingerprint density at radius 1 is 0.257 bits per heavy atom. The number of hydrogen-bond acceptors (Lipinski definition) is 12. The number of ether oxygens (including phenoxy) is 8. The molecule has 8 bridgehead atoms. The molecule has 0 N–H and O–H groups in total. The zero-order valence-electron chi connectivity index (χ0n) is 83.6. The molecule has 12 nitrogen and oxygen atoms in total. The molecular formula is C124H140O12S4+4. The summed E-state index contributed by atoms with van der Waals surface area (Å²) in [6, 6.07) is 105. The second kappa shape index (κ2) is 46.0. The molecule has 0 spiro atoms. The van der Waals surface area contributed by atoms with Gasteiger partial charge in [-0.2, -0.15) is 0 Å². The summed E-state index contributed by atoms with van der Waals surface area (Å²) >= 11 is 0. The number of aryl methyl sites for hydroxylation is 7. The third-order valence-corrected chi connectivity index (χ3v) is 39.9. The van der Waals surface area contributed by atoms with Crippen molar-refractivity contribution in [2.24, 2.45) is 47.3 Å². The Kier molecular flexibility index (Phi) is 33.1. The number of benzene rings is 12. The summed E-state index contributed by atoms with van der Waals surface area (Å²) in [5, 5.41) is 0. The number of esters is 4. The molecular weight excluding hydrogens is 1810 g/mol. The van der Waals surface area contributed by atoms with E-state index < -0.39 is 0 Å². The van der Waals surface area contributed by atoms with E-state index in [2.05, 4.69) is 367 Å². The van der Waals surface area contributed by atoms with E-state index in [1.54, 1.807) is 0 Å². The molecule has 0 aliphatic heterocycles. The van der Waals surface area contributed by atoms with Crippen molar-refractivity contribution < 1.29 is 57.1 Å². The van der Waals surface area contributed by atoms with Crippen LogP contribution in [-0.4, -0.2) is 72.7 Å². The fourth-order valence-corrected chi connectivity index (χ4v) is 33.3. The second-order valence-corrected chi connectivity index (χ2v) is 48.8. The highest BCUT2D eigenvalue weighted by molar-refractivity contribution is 7.98. The topological polar surface area (TPSA) is 142 Å². The van der Waals surface area contributed by atoms with E-state index in [0.717, 1.165) is 144 Å². The molecule has 0 saturated heterocycles. The summed E-state index contributed by atoms with van der Waals surface area (Å²) in [6.07, 6.45) is 23.9. The van der Waals surface area contributed by atoms with Gasteiger partial charge >= 0.3 is 23.9 Å². The minimum absolute atomic E-state index is 0.0357. The van der Waals surface area contributed by atoms with Gasteiger partial charge in [0, 0.05) is 42.0 Å². The van der Waals surface area contributed by atoms with Crippen LogP contribution in [0.5, 0.6) is 23.0 Å². The van der Waals surface area contributed by atoms with E-state index in [-0.39, 0.29) is 116 Å². The maximum atomic E-state index is 13.0. The predicted molar refractivity (Wildman–Crippen MR) is 564 cm³/mol. The Bertz CT molecular complexity index is 5870. The lowest BCUT2D eigenvalue weighted by Crippen LogP contribution is -2.58. The second-order valence-electron chi connectivity index (χ2n) is 40.7. The molecule has 140 heavy (non-hydrogen) atoms. The molecule has 12 aromatic carbocycles. The van der Waals surface area contributed by atoms with Crippen LogP contribution < -0.4 is 18.9 Å². The van der Waals surface area contributed by atoms with E-state index in [0.29, 0.717) is 29.4 Å². The van der Waals surface area contributed by atoms with Crippen LogP contribution in [0.1, 0.15) is 201 Å². The van der Waals surface area contributed by atoms with Crippen molar-refractivity contribution in [2.45, 2.75) is 292 Å². The average molecular weight is 1950 g/mol. The van der Waals surface area contributed by atoms with E-state index in [9.17, 15) is 19.2 Å². The Morgan fingerprint density at radius 2 is 0.486 bits per heavy atom. The smallest absolute Gasteiger partial charge is 0.344 e. The van der Waals surface area contributed by atoms with Crippen LogP contribution in [0.15, 0.2) is 356 Å². The van der Waals surface area contributed by atoms with Crippen LogP contribution in [0.4, 0.5) is 0 Å². The summed E-state index contributed by atoms with van der Waals surface area (Å²) in [6.45, 7) is 22.9. The molecule has 10 aliphatic rings. The Labute approximate surface area is 843 Å². The third-order valence-electron chi connectivity index (χ3n) is 31.0. The van der Waals surface area contributed by atoms with Gasteiger partial charge in [-0.3, -0.25) is 0 Å². The van der Waals surface area contributed by atoms with Gasteiger partial charge in [0.05, 0.1) is 43.6 Å². The quantitative estimate of drug-likeness (QED) is 0.0240. The van der Waals surface area contributed by atoms with E-state index in [4.69, 9.17) is 37.9 Å². The Morgan fingerprint density at radius 3 is 0.729 bits per heavy atom. The molecule has 10 saturated carbocycles. The van der Waals surface area contributed by atoms with Crippen molar-refractivity contribution in [3.63, 3.8) is 0 Å². The molecule has 728 valence electrons. The standard InChI is InChI=1S/C33H37O3S.C32H35O3S.C30H35O3S.C29H33O3S/c1-22-14-30(37(28-10-6-4-7-11-28)29-12-8-5-9-13-29)15-23(2)32(22)35-21-31(34)36-33(3)26-17-24-16-25(19-26)20-27(33)18-24;1-22-15-27(13-14-30(22)36(28-9-5-3-6-10-28)29-11-7-4-8-12-29)34-21-31(33)35-32(2)25-17-23-16-24(19-25)20-26(32)18-23;1-4-30(18-12-7-13-19-30)33-28(31)22-32-29-23(2)20-27(21-24(29)3)34(25-14-8-5-9-15-25)26-16-10-6-11-17-26;1-4-29(17-11-12-18-29)32-27(30)21-31-28-22(2)19-26(20-23(28)3)33(24-13-7-5-8-14-24)25-15-9-6-10-16-25/h4-15,24-27H,16-21H2,1-3H3;3-15,23-26H,16-21H2,1-2H3;5-6,8-11,14-17,20-21H,4,7,12-13,18-19,22H2,1-3H3;5-10,13-16,19-20H,4,11-12,17-18,21H2,1-3H3/q4*+1. The number of carbonyl (C=O) groups is 4. The Balaban J connectivity index is 0.000000129. The van der Waals surface area contributed by atoms with Gasteiger partial charge in [0.2, 0.25) is 0 Å². The van der Waals surface area contributed by atoms with Crippen molar-refractivity contribution in [2.75, 3.05) is 26.4 Å². The first-order chi connectivity index (χ1) is 67.9. The van der Waals surface area contributed by atoms with Crippen LogP contribution in [-0.2, 0) is 81.7 Å². The Hall–Kier alpha value is -10.9. The third kappa shape index (κ3) is 23.9. The molecule has 0 aromatic heterocycles. The van der Waals surface area contributed by atoms with Crippen molar-refractivity contribution in [3.05, 3.63) is 336 Å². The SMILES string of the molecule is CCC1(OC(=O)COc2c(C)cc([S+](c3ccccc3)c3ccccc3)cc2C)CCCC1.CCC1(OC(=O)COc2c(C)cc([S+](c3ccccc3)c3ccccc3)cc2C)CCCCC1.Cc1cc(OCC(=O)OC2(C)C3CC4CC(C3)CC2C4)ccc1[S+](c1ccccc1)c1ccccc1.Cc1cc([S+](c2ccccc2)c2ccccc2)cc(C)c1OCC(=O)OC1(C)C2CC3CC(C2)CC1C3. The summed E-state index contributed by atoms with van der Waals surface area (Å²) in [4.78, 5) is 66.4. The maximum absolute atomic E-state index is 13.0. The van der Waals surface area contributed by atoms with E-state index in [1.165, 1.54) is 129 Å². The molecule has 0 unspecified atom stereocenters. The minimum atomic E-state index is -0.318. The summed E-state index contributed by atoms with van der Waals surface area (Å²) in [7, 11) is -0.852. The van der Waals surface area contributed by atoms with Crippen LogP contribution in [0, 0.1) is 95.8 Å². The summed E-state index contributed by atoms with van der Waals surface area (Å²) < 4.78 is 48.4. The number of hydrogen-bond donors (Lipinski definition) is 0. The molecule has 0 heterocycles. The molecule has 10 fully saturated rings. The fraction of sp³-hybridized carbons (Fsp3) is 0.387. The summed E-state index contributed by atoms with van der Waals surface area (Å²) in [5.41, 5.74) is 6.19.